The van der Waals surface area contributed by atoms with E-state index in [1.807, 2.05) is 0 Å². The van der Waals surface area contributed by atoms with Crippen LogP contribution in [-0.4, -0.2) is 7.05 Å². The van der Waals surface area contributed by atoms with Gasteiger partial charge < -0.3 is 4.90 Å². The van der Waals surface area contributed by atoms with Crippen molar-refractivity contribution >= 4 is 33.0 Å². The fraction of sp³-hybridized carbons (Fsp3) is 0.286. The summed E-state index contributed by atoms with van der Waals surface area (Å²) in [4.78, 5) is 3.66. The molecule has 0 saturated carbocycles. The van der Waals surface area contributed by atoms with Crippen LogP contribution in [0.15, 0.2) is 34.1 Å². The fourth-order valence-corrected chi connectivity index (χ4v) is 3.44. The first kappa shape index (κ1) is 12.7. The molecule has 0 N–H and O–H groups in total. The van der Waals surface area contributed by atoms with E-state index in [9.17, 15) is 0 Å². The standard InChI is InChI=1S/C14H16BrNS/c1-10-4-11(2)6-13(5-10)16(3)8-14-7-12(15)9-17-14/h4-7,9H,8H2,1-3H3. The maximum absolute atomic E-state index is 3.49. The maximum atomic E-state index is 3.49. The van der Waals surface area contributed by atoms with Crippen LogP contribution in [-0.2, 0) is 6.54 Å². The summed E-state index contributed by atoms with van der Waals surface area (Å²) >= 11 is 5.29. The summed E-state index contributed by atoms with van der Waals surface area (Å²) in [6.45, 7) is 5.25. The number of anilines is 1. The third-order valence-electron chi connectivity index (χ3n) is 2.66. The minimum absolute atomic E-state index is 0.958. The van der Waals surface area contributed by atoms with Gasteiger partial charge in [0.2, 0.25) is 0 Å². The lowest BCUT2D eigenvalue weighted by atomic mass is 10.1. The summed E-state index contributed by atoms with van der Waals surface area (Å²) in [5.41, 5.74) is 3.92. The zero-order valence-corrected chi connectivity index (χ0v) is 12.7. The van der Waals surface area contributed by atoms with E-state index in [1.54, 1.807) is 11.3 Å². The SMILES string of the molecule is Cc1cc(C)cc(N(C)Cc2cc(Br)cs2)c1. The third kappa shape index (κ3) is 3.33. The van der Waals surface area contributed by atoms with Gasteiger partial charge in [-0.05, 0) is 59.1 Å². The van der Waals surface area contributed by atoms with Gasteiger partial charge in [0.05, 0.1) is 6.54 Å². The molecule has 0 radical (unpaired) electrons. The number of benzene rings is 1. The van der Waals surface area contributed by atoms with E-state index in [-0.39, 0.29) is 0 Å². The van der Waals surface area contributed by atoms with Crippen LogP contribution in [0, 0.1) is 13.8 Å². The van der Waals surface area contributed by atoms with Gasteiger partial charge in [-0.1, -0.05) is 6.07 Å². The molecule has 2 aromatic rings. The van der Waals surface area contributed by atoms with Gasteiger partial charge in [-0.25, -0.2) is 0 Å². The lowest BCUT2D eigenvalue weighted by Crippen LogP contribution is -2.15. The van der Waals surface area contributed by atoms with Crippen LogP contribution in [0.25, 0.3) is 0 Å². The van der Waals surface area contributed by atoms with Crippen molar-refractivity contribution in [3.63, 3.8) is 0 Å². The second-order valence-corrected chi connectivity index (χ2v) is 6.34. The molecule has 0 bridgehead atoms. The van der Waals surface area contributed by atoms with Crippen molar-refractivity contribution in [2.75, 3.05) is 11.9 Å². The predicted octanol–water partition coefficient (Wildman–Crippen LogP) is 4.76. The summed E-state index contributed by atoms with van der Waals surface area (Å²) in [6.07, 6.45) is 0. The van der Waals surface area contributed by atoms with Crippen molar-refractivity contribution in [3.8, 4) is 0 Å². The van der Waals surface area contributed by atoms with Crippen LogP contribution in [0.2, 0.25) is 0 Å². The fourth-order valence-electron chi connectivity index (χ4n) is 1.93. The van der Waals surface area contributed by atoms with Crippen LogP contribution < -0.4 is 4.90 Å². The Bertz CT molecular complexity index is 498. The Kier molecular flexibility index (Phi) is 3.89. The first-order valence-corrected chi connectivity index (χ1v) is 7.24. The van der Waals surface area contributed by atoms with Gasteiger partial charge in [-0.2, -0.15) is 0 Å². The van der Waals surface area contributed by atoms with Crippen molar-refractivity contribution in [3.05, 3.63) is 50.1 Å². The molecule has 0 aliphatic carbocycles. The zero-order valence-electron chi connectivity index (χ0n) is 10.3. The first-order chi connectivity index (χ1) is 8.04. The van der Waals surface area contributed by atoms with E-state index in [1.165, 1.54) is 26.2 Å². The number of thiophene rings is 1. The highest BCUT2D eigenvalue weighted by molar-refractivity contribution is 9.10. The first-order valence-electron chi connectivity index (χ1n) is 5.57. The molecular formula is C14H16BrNS. The predicted molar refractivity (Wildman–Crippen MR) is 80.0 cm³/mol. The molecule has 0 aliphatic heterocycles. The monoisotopic (exact) mass is 309 g/mol. The number of rotatable bonds is 3. The Morgan fingerprint density at radius 3 is 2.29 bits per heavy atom. The molecule has 0 amide bonds. The van der Waals surface area contributed by atoms with Crippen molar-refractivity contribution < 1.29 is 0 Å². The van der Waals surface area contributed by atoms with Crippen molar-refractivity contribution in [1.82, 2.24) is 0 Å². The normalized spacial score (nSPS) is 10.6. The summed E-state index contributed by atoms with van der Waals surface area (Å²) in [7, 11) is 2.14. The lowest BCUT2D eigenvalue weighted by molar-refractivity contribution is 0.937. The Hall–Kier alpha value is -0.800. The second-order valence-electron chi connectivity index (χ2n) is 4.43. The summed E-state index contributed by atoms with van der Waals surface area (Å²) in [5, 5.41) is 2.13. The largest absolute Gasteiger partial charge is 0.369 e. The van der Waals surface area contributed by atoms with Gasteiger partial charge in [-0.15, -0.1) is 11.3 Å². The van der Waals surface area contributed by atoms with E-state index in [2.05, 4.69) is 71.4 Å². The van der Waals surface area contributed by atoms with Crippen LogP contribution in [0.3, 0.4) is 0 Å². The van der Waals surface area contributed by atoms with Gasteiger partial charge >= 0.3 is 0 Å². The van der Waals surface area contributed by atoms with Gasteiger partial charge in [0, 0.05) is 27.5 Å². The highest BCUT2D eigenvalue weighted by Crippen LogP contribution is 2.24. The molecule has 3 heteroatoms. The lowest BCUT2D eigenvalue weighted by Gasteiger charge is -2.19. The van der Waals surface area contributed by atoms with Gasteiger partial charge in [0.1, 0.15) is 0 Å². The summed E-state index contributed by atoms with van der Waals surface area (Å²) < 4.78 is 1.17. The molecule has 0 aliphatic rings. The highest BCUT2D eigenvalue weighted by atomic mass is 79.9. The maximum Gasteiger partial charge on any atom is 0.0519 e. The molecule has 1 aromatic carbocycles. The van der Waals surface area contributed by atoms with Crippen molar-refractivity contribution in [2.24, 2.45) is 0 Å². The molecule has 0 spiro atoms. The van der Waals surface area contributed by atoms with Crippen LogP contribution >= 0.6 is 27.3 Å². The Morgan fingerprint density at radius 2 is 1.76 bits per heavy atom. The van der Waals surface area contributed by atoms with E-state index in [4.69, 9.17) is 0 Å². The van der Waals surface area contributed by atoms with Crippen LogP contribution in [0.5, 0.6) is 0 Å². The zero-order chi connectivity index (χ0) is 12.4. The van der Waals surface area contributed by atoms with Gasteiger partial charge in [-0.3, -0.25) is 0 Å². The summed E-state index contributed by atoms with van der Waals surface area (Å²) in [5.74, 6) is 0. The molecule has 0 fully saturated rings. The van der Waals surface area contributed by atoms with E-state index >= 15 is 0 Å². The minimum Gasteiger partial charge on any atom is -0.369 e. The molecule has 1 heterocycles. The Balaban J connectivity index is 2.16. The second kappa shape index (κ2) is 5.23. The molecule has 1 aromatic heterocycles. The number of nitrogens with zero attached hydrogens (tertiary/aromatic N) is 1. The number of hydrogen-bond acceptors (Lipinski definition) is 2. The number of hydrogen-bond donors (Lipinski definition) is 0. The third-order valence-corrected chi connectivity index (χ3v) is 4.34. The van der Waals surface area contributed by atoms with Gasteiger partial charge in [0.15, 0.2) is 0 Å². The Labute approximate surface area is 115 Å². The number of aryl methyl sites for hydroxylation is 2. The highest BCUT2D eigenvalue weighted by Gasteiger charge is 2.05. The molecule has 90 valence electrons. The van der Waals surface area contributed by atoms with Crippen LogP contribution in [0.1, 0.15) is 16.0 Å². The minimum atomic E-state index is 0.958. The summed E-state index contributed by atoms with van der Waals surface area (Å²) in [6, 6.07) is 8.86. The van der Waals surface area contributed by atoms with Crippen molar-refractivity contribution in [2.45, 2.75) is 20.4 Å². The molecule has 1 nitrogen and oxygen atoms in total. The Morgan fingerprint density at radius 1 is 1.12 bits per heavy atom. The molecule has 0 saturated heterocycles. The van der Waals surface area contributed by atoms with E-state index in [0.29, 0.717) is 0 Å². The molecule has 0 unspecified atom stereocenters. The van der Waals surface area contributed by atoms with E-state index in [0.717, 1.165) is 6.54 Å². The van der Waals surface area contributed by atoms with Crippen molar-refractivity contribution in [1.29, 1.82) is 0 Å². The average molecular weight is 310 g/mol. The molecule has 0 atom stereocenters. The smallest absolute Gasteiger partial charge is 0.0519 e. The average Bonchev–Trinajstić information content (AvgIpc) is 2.62. The molecular weight excluding hydrogens is 294 g/mol. The van der Waals surface area contributed by atoms with Crippen LogP contribution in [0.4, 0.5) is 5.69 Å². The van der Waals surface area contributed by atoms with Gasteiger partial charge in [0.25, 0.3) is 0 Å². The molecule has 2 rings (SSSR count). The quantitative estimate of drug-likeness (QED) is 0.790. The topological polar surface area (TPSA) is 3.24 Å². The van der Waals surface area contributed by atoms with E-state index < -0.39 is 0 Å². The molecule has 17 heavy (non-hydrogen) atoms. The number of halogens is 1.